The van der Waals surface area contributed by atoms with Gasteiger partial charge in [0, 0.05) is 17.5 Å². The lowest BCUT2D eigenvalue weighted by Crippen LogP contribution is -2.71. The predicted molar refractivity (Wildman–Crippen MR) is 124 cm³/mol. The number of aromatic amines is 1. The molecular weight excluding hydrogens is 528 g/mol. The van der Waals surface area contributed by atoms with Crippen LogP contribution in [0.25, 0.3) is 0 Å². The first-order valence-electron chi connectivity index (χ1n) is 9.56. The van der Waals surface area contributed by atoms with Crippen LogP contribution in [0.15, 0.2) is 16.4 Å². The molecule has 2 aliphatic rings. The Bertz CT molecular complexity index is 1130. The van der Waals surface area contributed by atoms with E-state index < -0.39 is 49.7 Å². The number of aromatic nitrogens is 4. The van der Waals surface area contributed by atoms with Crippen molar-refractivity contribution < 1.29 is 27.9 Å². The first-order valence-corrected chi connectivity index (χ1v) is 14.7. The molecule has 3 heterocycles. The number of aliphatic carboxylic acids is 1. The topological polar surface area (TPSA) is 211 Å². The van der Waals surface area contributed by atoms with Crippen molar-refractivity contribution in [3.63, 3.8) is 0 Å². The first-order chi connectivity index (χ1) is 16.1. The van der Waals surface area contributed by atoms with Crippen LogP contribution in [-0.2, 0) is 24.4 Å². The van der Waals surface area contributed by atoms with Gasteiger partial charge in [-0.1, -0.05) is 11.8 Å². The van der Waals surface area contributed by atoms with Gasteiger partial charge in [0.15, 0.2) is 5.25 Å². The Morgan fingerprint density at radius 3 is 2.76 bits per heavy atom. The van der Waals surface area contributed by atoms with Gasteiger partial charge in [-0.25, -0.2) is 23.0 Å². The van der Waals surface area contributed by atoms with Crippen molar-refractivity contribution in [3.8, 4) is 6.07 Å². The summed E-state index contributed by atoms with van der Waals surface area (Å²) >= 11 is 3.41. The third kappa shape index (κ3) is 5.83. The standard InChI is InChI=1S/C16H20N8O6S4/c1-31-9(5-17)12(25)19-10-13(26)24-11(15(27)28)7(6-32-14(10)24)8(3-4-18-34(2,29)30)33-16-20-22-23-21-16/h8-10,14,18H,3-4,6H2,1-2H3,(H,19,25)(H,27,28)(H,20,21,22,23)/t8?,9?,10-,14+/m1/s1. The average molecular weight is 549 g/mol. The van der Waals surface area contributed by atoms with Gasteiger partial charge in [0.1, 0.15) is 17.1 Å². The fourth-order valence-electron chi connectivity index (χ4n) is 3.35. The summed E-state index contributed by atoms with van der Waals surface area (Å²) in [6, 6.07) is 0.886. The highest BCUT2D eigenvalue weighted by Crippen LogP contribution is 2.44. The van der Waals surface area contributed by atoms with Crippen LogP contribution in [-0.4, -0.2) is 104 Å². The fraction of sp³-hybridized carbons (Fsp3) is 0.562. The van der Waals surface area contributed by atoms with E-state index in [1.54, 1.807) is 6.26 Å². The van der Waals surface area contributed by atoms with Gasteiger partial charge in [-0.3, -0.25) is 14.5 Å². The minimum absolute atomic E-state index is 0.0272. The molecule has 1 saturated heterocycles. The molecule has 0 radical (unpaired) electrons. The summed E-state index contributed by atoms with van der Waals surface area (Å²) in [6.45, 7) is 0.0272. The van der Waals surface area contributed by atoms with E-state index in [1.165, 1.54) is 11.8 Å². The molecule has 1 fully saturated rings. The summed E-state index contributed by atoms with van der Waals surface area (Å²) in [5.41, 5.74) is 0.188. The molecule has 4 atom stereocenters. The monoisotopic (exact) mass is 548 g/mol. The van der Waals surface area contributed by atoms with Crippen molar-refractivity contribution in [2.45, 2.75) is 33.5 Å². The molecule has 0 aliphatic carbocycles. The van der Waals surface area contributed by atoms with Crippen molar-refractivity contribution >= 4 is 63.1 Å². The SMILES string of the molecule is CSC(C#N)C(=O)N[C@@H]1C(=O)N2C(C(=O)O)=C(C(CCNS(C)(=O)=O)Sc3nnn[nH]3)CS[C@@H]12. The Kier molecular flexibility index (Phi) is 8.46. The van der Waals surface area contributed by atoms with E-state index in [4.69, 9.17) is 5.26 Å². The Morgan fingerprint density at radius 1 is 1.47 bits per heavy atom. The highest BCUT2D eigenvalue weighted by Gasteiger charge is 2.55. The molecule has 4 N–H and O–H groups in total. The quantitative estimate of drug-likeness (QED) is 0.185. The molecule has 0 spiro atoms. The number of tetrazole rings is 1. The third-order valence-corrected chi connectivity index (χ3v) is 8.85. The maximum atomic E-state index is 12.8. The maximum absolute atomic E-state index is 12.8. The number of amides is 2. The van der Waals surface area contributed by atoms with E-state index in [0.717, 1.165) is 34.7 Å². The largest absolute Gasteiger partial charge is 0.477 e. The van der Waals surface area contributed by atoms with Gasteiger partial charge in [0.05, 0.1) is 12.3 Å². The zero-order chi connectivity index (χ0) is 25.0. The Hall–Kier alpha value is -2.33. The van der Waals surface area contributed by atoms with E-state index in [-0.39, 0.29) is 24.4 Å². The van der Waals surface area contributed by atoms with Gasteiger partial charge in [-0.2, -0.15) is 5.26 Å². The number of fused-ring (bicyclic) bond motifs is 1. The molecule has 0 aromatic carbocycles. The van der Waals surface area contributed by atoms with Crippen LogP contribution in [0, 0.1) is 11.3 Å². The van der Waals surface area contributed by atoms with Crippen LogP contribution in [0.3, 0.4) is 0 Å². The lowest BCUT2D eigenvalue weighted by molar-refractivity contribution is -0.150. The summed E-state index contributed by atoms with van der Waals surface area (Å²) in [5, 5.41) is 33.0. The Labute approximate surface area is 207 Å². The average Bonchev–Trinajstić information content (AvgIpc) is 3.28. The second-order valence-corrected chi connectivity index (χ2v) is 12.2. The number of hydrogen-bond donors (Lipinski definition) is 4. The molecule has 0 saturated carbocycles. The van der Waals surface area contributed by atoms with Crippen molar-refractivity contribution in [2.24, 2.45) is 0 Å². The van der Waals surface area contributed by atoms with E-state index in [9.17, 15) is 27.9 Å². The number of carboxylic acid groups (broad SMARTS) is 1. The van der Waals surface area contributed by atoms with Gasteiger partial charge in [0.2, 0.25) is 21.1 Å². The number of nitrogens with zero attached hydrogens (tertiary/aromatic N) is 5. The number of hydrogen-bond acceptors (Lipinski definition) is 12. The van der Waals surface area contributed by atoms with Crippen LogP contribution in [0.4, 0.5) is 0 Å². The van der Waals surface area contributed by atoms with E-state index in [1.807, 2.05) is 6.07 Å². The van der Waals surface area contributed by atoms with Crippen molar-refractivity contribution in [2.75, 3.05) is 24.8 Å². The van der Waals surface area contributed by atoms with Crippen LogP contribution in [0.5, 0.6) is 0 Å². The molecule has 0 bridgehead atoms. The number of nitrogens with one attached hydrogen (secondary N) is 3. The molecule has 18 heteroatoms. The Balaban J connectivity index is 1.86. The number of rotatable bonds is 11. The van der Waals surface area contributed by atoms with Crippen LogP contribution < -0.4 is 10.0 Å². The van der Waals surface area contributed by atoms with Crippen LogP contribution in [0.2, 0.25) is 0 Å². The van der Waals surface area contributed by atoms with E-state index in [2.05, 4.69) is 30.7 Å². The minimum atomic E-state index is -3.46. The normalized spacial score (nSPS) is 21.8. The molecule has 1 aromatic rings. The number of H-pyrrole nitrogens is 1. The lowest BCUT2D eigenvalue weighted by Gasteiger charge is -2.50. The van der Waals surface area contributed by atoms with Gasteiger partial charge in [-0.05, 0) is 28.7 Å². The molecule has 3 rings (SSSR count). The summed E-state index contributed by atoms with van der Waals surface area (Å²) in [7, 11) is -3.46. The number of thioether (sulfide) groups is 3. The second-order valence-electron chi connectivity index (χ2n) is 7.09. The second kappa shape index (κ2) is 10.9. The summed E-state index contributed by atoms with van der Waals surface area (Å²) in [6.07, 6.45) is 2.81. The van der Waals surface area contributed by atoms with Crippen molar-refractivity contribution in [3.05, 3.63) is 11.3 Å². The van der Waals surface area contributed by atoms with Crippen molar-refractivity contribution in [1.82, 2.24) is 35.6 Å². The highest BCUT2D eigenvalue weighted by atomic mass is 32.2. The van der Waals surface area contributed by atoms with Gasteiger partial charge >= 0.3 is 5.97 Å². The Morgan fingerprint density at radius 2 is 2.21 bits per heavy atom. The fourth-order valence-corrected chi connectivity index (χ4v) is 6.78. The minimum Gasteiger partial charge on any atom is -0.477 e. The zero-order valence-corrected chi connectivity index (χ0v) is 21.1. The maximum Gasteiger partial charge on any atom is 0.352 e. The smallest absolute Gasteiger partial charge is 0.352 e. The van der Waals surface area contributed by atoms with Crippen LogP contribution >= 0.6 is 35.3 Å². The number of carbonyl (C=O) groups is 3. The van der Waals surface area contributed by atoms with Gasteiger partial charge < -0.3 is 10.4 Å². The number of sulfonamides is 1. The summed E-state index contributed by atoms with van der Waals surface area (Å²) < 4.78 is 25.3. The predicted octanol–water partition coefficient (Wildman–Crippen LogP) is -1.41. The molecule has 184 valence electrons. The summed E-state index contributed by atoms with van der Waals surface area (Å²) in [5.74, 6) is -2.32. The van der Waals surface area contributed by atoms with Gasteiger partial charge in [0.25, 0.3) is 5.91 Å². The molecular formula is C16H20N8O6S4. The third-order valence-electron chi connectivity index (χ3n) is 4.83. The molecule has 14 nitrogen and oxygen atoms in total. The summed E-state index contributed by atoms with van der Waals surface area (Å²) in [4.78, 5) is 38.4. The van der Waals surface area contributed by atoms with Crippen LogP contribution in [0.1, 0.15) is 6.42 Å². The number of carboxylic acids is 1. The molecule has 34 heavy (non-hydrogen) atoms. The zero-order valence-electron chi connectivity index (χ0n) is 17.8. The van der Waals surface area contributed by atoms with Crippen molar-refractivity contribution in [1.29, 1.82) is 5.26 Å². The van der Waals surface area contributed by atoms with Gasteiger partial charge in [-0.15, -0.1) is 28.6 Å². The highest BCUT2D eigenvalue weighted by molar-refractivity contribution is 8.01. The molecule has 2 aliphatic heterocycles. The molecule has 2 unspecified atom stereocenters. The number of β-lactam (4-membered cyclic amide) rings is 1. The number of nitriles is 1. The lowest BCUT2D eigenvalue weighted by atomic mass is 10.00. The number of carbonyl (C=O) groups excluding carboxylic acids is 2. The van der Waals surface area contributed by atoms with E-state index in [0.29, 0.717) is 10.7 Å². The van der Waals surface area contributed by atoms with E-state index >= 15 is 0 Å². The first kappa shape index (κ1) is 26.3. The molecule has 2 amide bonds. The molecule has 1 aromatic heterocycles.